The molecule has 172 valence electrons. The third kappa shape index (κ3) is 23.4. The van der Waals surface area contributed by atoms with Crippen molar-refractivity contribution in [2.45, 2.75) is 123 Å². The fourth-order valence-electron chi connectivity index (χ4n) is 3.52. The highest BCUT2D eigenvalue weighted by atomic mass is 32.2. The van der Waals surface area contributed by atoms with Gasteiger partial charge in [0.25, 0.3) is 5.24 Å². The number of ether oxygens (including phenoxy) is 1. The van der Waals surface area contributed by atoms with E-state index in [-0.39, 0.29) is 11.2 Å². The molecule has 4 nitrogen and oxygen atoms in total. The monoisotopic (exact) mass is 429 g/mol. The van der Waals surface area contributed by atoms with Crippen molar-refractivity contribution in [3.05, 3.63) is 0 Å². The maximum atomic E-state index is 11.8. The molecule has 0 aliphatic rings. The van der Waals surface area contributed by atoms with Gasteiger partial charge in [-0.15, -0.1) is 0 Å². The molecule has 0 aromatic heterocycles. The molecule has 5 heteroatoms. The minimum atomic E-state index is -0.273. The fourth-order valence-corrected chi connectivity index (χ4v) is 4.07. The summed E-state index contributed by atoms with van der Waals surface area (Å²) < 4.78 is 5.35. The van der Waals surface area contributed by atoms with Crippen molar-refractivity contribution in [1.29, 1.82) is 0 Å². The van der Waals surface area contributed by atoms with Crippen LogP contribution in [0.15, 0.2) is 0 Å². The zero-order valence-corrected chi connectivity index (χ0v) is 20.0. The second-order valence-corrected chi connectivity index (χ2v) is 9.52. The number of amides is 1. The van der Waals surface area contributed by atoms with E-state index in [1.807, 2.05) is 0 Å². The SMILES string of the molecule is CCCCCCCCCCCOC(=O)CCCCCC(C)CCCCSC(N)=O. The molecule has 0 rings (SSSR count). The maximum absolute atomic E-state index is 11.8. The minimum Gasteiger partial charge on any atom is -0.466 e. The molecule has 0 aliphatic heterocycles. The standard InChI is InChI=1S/C24H47NO3S/c1-3-4-5-6-7-8-9-10-15-20-28-23(26)19-13-11-12-17-22(2)18-14-16-21-29-24(25)27/h22H,3-21H2,1-2H3,(H2,25,27). The highest BCUT2D eigenvalue weighted by Crippen LogP contribution is 2.18. The number of unbranched alkanes of at least 4 members (excludes halogenated alkanes) is 11. The lowest BCUT2D eigenvalue weighted by Crippen LogP contribution is -2.05. The Balaban J connectivity index is 3.30. The predicted molar refractivity (Wildman–Crippen MR) is 126 cm³/mol. The third-order valence-electron chi connectivity index (χ3n) is 5.42. The number of rotatable bonds is 21. The van der Waals surface area contributed by atoms with Gasteiger partial charge in [-0.3, -0.25) is 9.59 Å². The van der Waals surface area contributed by atoms with Crippen molar-refractivity contribution in [1.82, 2.24) is 0 Å². The zero-order valence-electron chi connectivity index (χ0n) is 19.2. The first kappa shape index (κ1) is 28.3. The van der Waals surface area contributed by atoms with Gasteiger partial charge < -0.3 is 10.5 Å². The number of thioether (sulfide) groups is 1. The lowest BCUT2D eigenvalue weighted by Gasteiger charge is -2.10. The Morgan fingerprint density at radius 1 is 0.793 bits per heavy atom. The van der Waals surface area contributed by atoms with Gasteiger partial charge in [0, 0.05) is 12.2 Å². The van der Waals surface area contributed by atoms with Gasteiger partial charge in [0.15, 0.2) is 0 Å². The van der Waals surface area contributed by atoms with Crippen LogP contribution < -0.4 is 5.73 Å². The van der Waals surface area contributed by atoms with Crippen molar-refractivity contribution in [3.8, 4) is 0 Å². The molecule has 0 aromatic carbocycles. The van der Waals surface area contributed by atoms with Gasteiger partial charge in [-0.05, 0) is 25.2 Å². The van der Waals surface area contributed by atoms with Crippen LogP contribution in [0.5, 0.6) is 0 Å². The lowest BCUT2D eigenvalue weighted by molar-refractivity contribution is -0.143. The number of carbonyl (C=O) groups is 2. The lowest BCUT2D eigenvalue weighted by atomic mass is 9.97. The van der Waals surface area contributed by atoms with Crippen LogP contribution in [0.25, 0.3) is 0 Å². The summed E-state index contributed by atoms with van der Waals surface area (Å²) in [5.74, 6) is 1.53. The molecule has 0 heterocycles. The van der Waals surface area contributed by atoms with Crippen LogP contribution in [-0.4, -0.2) is 23.6 Å². The Bertz CT molecular complexity index is 390. The van der Waals surface area contributed by atoms with E-state index >= 15 is 0 Å². The second-order valence-electron chi connectivity index (χ2n) is 8.42. The van der Waals surface area contributed by atoms with Crippen LogP contribution in [0.1, 0.15) is 123 Å². The molecule has 29 heavy (non-hydrogen) atoms. The Hall–Kier alpha value is -0.710. The third-order valence-corrected chi connectivity index (χ3v) is 6.20. The minimum absolute atomic E-state index is 0.0236. The normalized spacial score (nSPS) is 12.1. The molecular weight excluding hydrogens is 382 g/mol. The van der Waals surface area contributed by atoms with E-state index in [1.165, 1.54) is 82.4 Å². The Kier molecular flexibility index (Phi) is 21.4. The van der Waals surface area contributed by atoms with Gasteiger partial charge in [-0.25, -0.2) is 0 Å². The molecule has 0 aliphatic carbocycles. The molecule has 0 bridgehead atoms. The van der Waals surface area contributed by atoms with Gasteiger partial charge in [0.1, 0.15) is 0 Å². The average Bonchev–Trinajstić information content (AvgIpc) is 2.68. The Labute approximate surface area is 184 Å². The van der Waals surface area contributed by atoms with Crippen LogP contribution in [0.3, 0.4) is 0 Å². The van der Waals surface area contributed by atoms with E-state index in [4.69, 9.17) is 10.5 Å². The summed E-state index contributed by atoms with van der Waals surface area (Å²) in [5, 5.41) is -0.273. The molecular formula is C24H47NO3S. The van der Waals surface area contributed by atoms with Gasteiger partial charge >= 0.3 is 5.97 Å². The number of hydrogen-bond donors (Lipinski definition) is 1. The van der Waals surface area contributed by atoms with Crippen LogP contribution in [-0.2, 0) is 9.53 Å². The van der Waals surface area contributed by atoms with E-state index in [9.17, 15) is 9.59 Å². The summed E-state index contributed by atoms with van der Waals surface area (Å²) in [4.78, 5) is 22.4. The number of esters is 1. The van der Waals surface area contributed by atoms with Crippen molar-refractivity contribution in [3.63, 3.8) is 0 Å². The maximum Gasteiger partial charge on any atom is 0.305 e. The van der Waals surface area contributed by atoms with Crippen molar-refractivity contribution in [2.75, 3.05) is 12.4 Å². The quantitative estimate of drug-likeness (QED) is 0.150. The van der Waals surface area contributed by atoms with Crippen molar-refractivity contribution in [2.24, 2.45) is 11.7 Å². The summed E-state index contributed by atoms with van der Waals surface area (Å²) in [6, 6.07) is 0. The first-order valence-corrected chi connectivity index (χ1v) is 13.1. The average molecular weight is 430 g/mol. The van der Waals surface area contributed by atoms with Crippen LogP contribution >= 0.6 is 11.8 Å². The molecule has 0 saturated heterocycles. The van der Waals surface area contributed by atoms with E-state index < -0.39 is 0 Å². The predicted octanol–water partition coefficient (Wildman–Crippen LogP) is 7.63. The number of hydrogen-bond acceptors (Lipinski definition) is 4. The first-order chi connectivity index (χ1) is 14.1. The number of nitrogens with two attached hydrogens (primary N) is 1. The summed E-state index contributed by atoms with van der Waals surface area (Å²) in [7, 11) is 0. The topological polar surface area (TPSA) is 69.4 Å². The van der Waals surface area contributed by atoms with Gasteiger partial charge in [0.2, 0.25) is 0 Å². The highest BCUT2D eigenvalue weighted by molar-refractivity contribution is 8.13. The molecule has 0 aromatic rings. The van der Waals surface area contributed by atoms with E-state index in [1.54, 1.807) is 0 Å². The Morgan fingerprint density at radius 2 is 1.34 bits per heavy atom. The van der Waals surface area contributed by atoms with Crippen molar-refractivity contribution >= 4 is 23.0 Å². The van der Waals surface area contributed by atoms with Crippen molar-refractivity contribution < 1.29 is 14.3 Å². The first-order valence-electron chi connectivity index (χ1n) is 12.1. The molecule has 0 fully saturated rings. The number of primary amides is 1. The molecule has 1 atom stereocenters. The van der Waals surface area contributed by atoms with Gasteiger partial charge in [0.05, 0.1) is 6.61 Å². The summed E-state index contributed by atoms with van der Waals surface area (Å²) in [6.45, 7) is 5.14. The number of carbonyl (C=O) groups excluding carboxylic acids is 2. The largest absolute Gasteiger partial charge is 0.466 e. The molecule has 1 unspecified atom stereocenters. The van der Waals surface area contributed by atoms with E-state index in [0.29, 0.717) is 18.9 Å². The van der Waals surface area contributed by atoms with E-state index in [2.05, 4.69) is 13.8 Å². The molecule has 2 N–H and O–H groups in total. The molecule has 0 spiro atoms. The smallest absolute Gasteiger partial charge is 0.305 e. The van der Waals surface area contributed by atoms with E-state index in [0.717, 1.165) is 37.9 Å². The zero-order chi connectivity index (χ0) is 21.6. The van der Waals surface area contributed by atoms with Crippen LogP contribution in [0.4, 0.5) is 4.79 Å². The fraction of sp³-hybridized carbons (Fsp3) is 0.917. The van der Waals surface area contributed by atoms with Crippen LogP contribution in [0.2, 0.25) is 0 Å². The summed E-state index contributed by atoms with van der Waals surface area (Å²) >= 11 is 1.22. The van der Waals surface area contributed by atoms with Gasteiger partial charge in [-0.1, -0.05) is 109 Å². The molecule has 1 amide bonds. The van der Waals surface area contributed by atoms with Gasteiger partial charge in [-0.2, -0.15) is 0 Å². The molecule has 0 saturated carbocycles. The van der Waals surface area contributed by atoms with Crippen LogP contribution in [0, 0.1) is 5.92 Å². The highest BCUT2D eigenvalue weighted by Gasteiger charge is 2.05. The summed E-state index contributed by atoms with van der Waals surface area (Å²) in [6.07, 6.45) is 20.0. The Morgan fingerprint density at radius 3 is 1.97 bits per heavy atom. The second kappa shape index (κ2) is 22.0. The molecule has 0 radical (unpaired) electrons. The summed E-state index contributed by atoms with van der Waals surface area (Å²) in [5.41, 5.74) is 5.11.